The highest BCUT2D eigenvalue weighted by Gasteiger charge is 2.33. The van der Waals surface area contributed by atoms with Crippen LogP contribution in [-0.4, -0.2) is 51.0 Å². The molecule has 0 bridgehead atoms. The number of ether oxygens (including phenoxy) is 1. The Morgan fingerprint density at radius 3 is 2.73 bits per heavy atom. The Morgan fingerprint density at radius 2 is 1.97 bits per heavy atom. The summed E-state index contributed by atoms with van der Waals surface area (Å²) in [4.78, 5) is 23.0. The van der Waals surface area contributed by atoms with Crippen LogP contribution in [0.3, 0.4) is 0 Å². The van der Waals surface area contributed by atoms with E-state index in [0.29, 0.717) is 30.2 Å². The first kappa shape index (κ1) is 19.4. The summed E-state index contributed by atoms with van der Waals surface area (Å²) in [6.07, 6.45) is 3.39. The van der Waals surface area contributed by atoms with Crippen molar-refractivity contribution in [2.75, 3.05) is 26.3 Å². The Labute approximate surface area is 173 Å². The van der Waals surface area contributed by atoms with Crippen molar-refractivity contribution >= 4 is 11.0 Å². The molecule has 2 aliphatic heterocycles. The Kier molecular flexibility index (Phi) is 5.12. The standard InChI is InChI=1S/C22H26FN5O2/c1-14-11-27(12-15-2-4-16(23)5-3-15)13-19(14)20-25-21-18(22(29)26-20)10-24-28(21)17-6-8-30-9-7-17/h2-5,10,14,17,19H,6-9,11-13H2,1H3,(H,25,26,29)/t14-,19-/m1/s1. The average molecular weight is 411 g/mol. The van der Waals surface area contributed by atoms with Crippen molar-refractivity contribution in [3.8, 4) is 0 Å². The van der Waals surface area contributed by atoms with Crippen molar-refractivity contribution in [1.82, 2.24) is 24.6 Å². The fourth-order valence-corrected chi connectivity index (χ4v) is 4.73. The number of nitrogens with one attached hydrogen (secondary N) is 1. The molecule has 2 atom stereocenters. The van der Waals surface area contributed by atoms with Gasteiger partial charge in [0.25, 0.3) is 5.56 Å². The Hall–Kier alpha value is -2.58. The summed E-state index contributed by atoms with van der Waals surface area (Å²) in [7, 11) is 0. The van der Waals surface area contributed by atoms with Gasteiger partial charge >= 0.3 is 0 Å². The highest BCUT2D eigenvalue weighted by atomic mass is 19.1. The maximum absolute atomic E-state index is 13.2. The number of nitrogens with zero attached hydrogens (tertiary/aromatic N) is 4. The summed E-state index contributed by atoms with van der Waals surface area (Å²) < 4.78 is 20.6. The van der Waals surface area contributed by atoms with Crippen molar-refractivity contribution in [1.29, 1.82) is 0 Å². The van der Waals surface area contributed by atoms with Gasteiger partial charge in [-0.25, -0.2) is 14.1 Å². The second-order valence-electron chi connectivity index (χ2n) is 8.53. The highest BCUT2D eigenvalue weighted by molar-refractivity contribution is 5.73. The highest BCUT2D eigenvalue weighted by Crippen LogP contribution is 2.32. The number of aromatic amines is 1. The van der Waals surface area contributed by atoms with Gasteiger partial charge in [0, 0.05) is 38.8 Å². The predicted octanol–water partition coefficient (Wildman–Crippen LogP) is 2.85. The zero-order chi connectivity index (χ0) is 20.7. The lowest BCUT2D eigenvalue weighted by molar-refractivity contribution is 0.0673. The van der Waals surface area contributed by atoms with Crippen molar-refractivity contribution in [2.24, 2.45) is 5.92 Å². The minimum Gasteiger partial charge on any atom is -0.381 e. The predicted molar refractivity (Wildman–Crippen MR) is 111 cm³/mol. The number of likely N-dealkylation sites (tertiary alicyclic amines) is 1. The largest absolute Gasteiger partial charge is 0.381 e. The van der Waals surface area contributed by atoms with Gasteiger partial charge < -0.3 is 9.72 Å². The first-order valence-corrected chi connectivity index (χ1v) is 10.6. The van der Waals surface area contributed by atoms with Crippen LogP contribution in [0, 0.1) is 11.7 Å². The summed E-state index contributed by atoms with van der Waals surface area (Å²) in [5, 5.41) is 5.02. The number of hydrogen-bond donors (Lipinski definition) is 1. The first-order valence-electron chi connectivity index (χ1n) is 10.6. The third kappa shape index (κ3) is 3.65. The normalized spacial score (nSPS) is 23.4. The summed E-state index contributed by atoms with van der Waals surface area (Å²) in [5.41, 5.74) is 1.63. The van der Waals surface area contributed by atoms with Gasteiger partial charge in [-0.1, -0.05) is 19.1 Å². The molecular formula is C22H26FN5O2. The molecule has 0 saturated carbocycles. The molecule has 4 heterocycles. The lowest BCUT2D eigenvalue weighted by Gasteiger charge is -2.23. The van der Waals surface area contributed by atoms with Crippen molar-refractivity contribution in [2.45, 2.75) is 38.3 Å². The van der Waals surface area contributed by atoms with Crippen LogP contribution in [0.2, 0.25) is 0 Å². The summed E-state index contributed by atoms with van der Waals surface area (Å²) in [5.74, 6) is 1.00. The number of rotatable bonds is 4. The van der Waals surface area contributed by atoms with Crippen LogP contribution in [0.1, 0.15) is 43.1 Å². The second kappa shape index (κ2) is 7.92. The molecule has 2 fully saturated rings. The molecule has 1 N–H and O–H groups in total. The minimum absolute atomic E-state index is 0.127. The molecule has 0 unspecified atom stereocenters. The van der Waals surface area contributed by atoms with Gasteiger partial charge in [0.2, 0.25) is 0 Å². The Morgan fingerprint density at radius 1 is 1.20 bits per heavy atom. The average Bonchev–Trinajstić information content (AvgIpc) is 3.34. The van der Waals surface area contributed by atoms with Gasteiger partial charge in [-0.05, 0) is 36.5 Å². The number of aromatic nitrogens is 4. The number of benzene rings is 1. The molecule has 0 spiro atoms. The smallest absolute Gasteiger partial charge is 0.262 e. The molecule has 1 aromatic carbocycles. The second-order valence-corrected chi connectivity index (χ2v) is 8.53. The van der Waals surface area contributed by atoms with E-state index in [4.69, 9.17) is 9.72 Å². The van der Waals surface area contributed by atoms with Gasteiger partial charge in [-0.15, -0.1) is 0 Å². The van der Waals surface area contributed by atoms with Crippen molar-refractivity contribution < 1.29 is 9.13 Å². The molecule has 8 heteroatoms. The SMILES string of the molecule is C[C@@H]1CN(Cc2ccc(F)cc2)C[C@H]1c1nc2c(cnn2C2CCOCC2)c(=O)[nH]1. The molecule has 2 aliphatic rings. The van der Waals surface area contributed by atoms with Crippen LogP contribution >= 0.6 is 0 Å². The lowest BCUT2D eigenvalue weighted by Crippen LogP contribution is -2.23. The Balaban J connectivity index is 1.41. The van der Waals surface area contributed by atoms with Crippen LogP contribution in [-0.2, 0) is 11.3 Å². The van der Waals surface area contributed by atoms with Gasteiger partial charge in [-0.3, -0.25) is 9.69 Å². The number of halogens is 1. The van der Waals surface area contributed by atoms with E-state index < -0.39 is 0 Å². The van der Waals surface area contributed by atoms with Gasteiger partial charge in [0.05, 0.1) is 12.2 Å². The molecular weight excluding hydrogens is 385 g/mol. The molecule has 2 saturated heterocycles. The summed E-state index contributed by atoms with van der Waals surface area (Å²) in [6.45, 7) is 6.07. The fourth-order valence-electron chi connectivity index (χ4n) is 4.73. The van der Waals surface area contributed by atoms with E-state index in [1.807, 2.05) is 16.8 Å². The van der Waals surface area contributed by atoms with Gasteiger partial charge in [-0.2, -0.15) is 5.10 Å². The van der Waals surface area contributed by atoms with Gasteiger partial charge in [0.1, 0.15) is 17.0 Å². The molecule has 3 aromatic rings. The molecule has 0 amide bonds. The van der Waals surface area contributed by atoms with E-state index in [9.17, 15) is 9.18 Å². The van der Waals surface area contributed by atoms with E-state index in [2.05, 4.69) is 21.9 Å². The zero-order valence-corrected chi connectivity index (χ0v) is 17.1. The van der Waals surface area contributed by atoms with E-state index in [1.165, 1.54) is 12.1 Å². The van der Waals surface area contributed by atoms with E-state index in [-0.39, 0.29) is 23.3 Å². The maximum atomic E-state index is 13.2. The molecule has 30 heavy (non-hydrogen) atoms. The minimum atomic E-state index is -0.220. The van der Waals surface area contributed by atoms with E-state index >= 15 is 0 Å². The van der Waals surface area contributed by atoms with Crippen LogP contribution in [0.5, 0.6) is 0 Å². The van der Waals surface area contributed by atoms with Crippen LogP contribution < -0.4 is 5.56 Å². The lowest BCUT2D eigenvalue weighted by atomic mass is 9.97. The molecule has 158 valence electrons. The van der Waals surface area contributed by atoms with E-state index in [1.54, 1.807) is 6.20 Å². The molecule has 5 rings (SSSR count). The first-order chi connectivity index (χ1) is 14.6. The third-order valence-electron chi connectivity index (χ3n) is 6.38. The summed E-state index contributed by atoms with van der Waals surface area (Å²) in [6, 6.07) is 6.86. The molecule has 7 nitrogen and oxygen atoms in total. The maximum Gasteiger partial charge on any atom is 0.262 e. The number of H-pyrrole nitrogens is 1. The monoisotopic (exact) mass is 411 g/mol. The summed E-state index contributed by atoms with van der Waals surface area (Å²) >= 11 is 0. The number of hydrogen-bond acceptors (Lipinski definition) is 5. The van der Waals surface area contributed by atoms with Crippen LogP contribution in [0.25, 0.3) is 11.0 Å². The van der Waals surface area contributed by atoms with Crippen LogP contribution in [0.15, 0.2) is 35.3 Å². The Bertz CT molecular complexity index is 1090. The van der Waals surface area contributed by atoms with E-state index in [0.717, 1.165) is 43.9 Å². The topological polar surface area (TPSA) is 76.0 Å². The van der Waals surface area contributed by atoms with Crippen LogP contribution in [0.4, 0.5) is 4.39 Å². The molecule has 0 radical (unpaired) electrons. The third-order valence-corrected chi connectivity index (χ3v) is 6.38. The zero-order valence-electron chi connectivity index (χ0n) is 17.1. The fraction of sp³-hybridized carbons (Fsp3) is 0.500. The van der Waals surface area contributed by atoms with Crippen molar-refractivity contribution in [3.63, 3.8) is 0 Å². The molecule has 2 aromatic heterocycles. The molecule has 0 aliphatic carbocycles. The van der Waals surface area contributed by atoms with Crippen molar-refractivity contribution in [3.05, 3.63) is 58.0 Å². The number of fused-ring (bicyclic) bond motifs is 1. The van der Waals surface area contributed by atoms with Gasteiger partial charge in [0.15, 0.2) is 5.65 Å². The quantitative estimate of drug-likeness (QED) is 0.715.